The Hall–Kier alpha value is -4.11. The number of carbonyl (C=O) groups is 1. The van der Waals surface area contributed by atoms with Gasteiger partial charge in [-0.1, -0.05) is 5.57 Å². The minimum absolute atomic E-state index is 0.101. The van der Waals surface area contributed by atoms with Crippen LogP contribution in [0.1, 0.15) is 46.6 Å². The zero-order valence-electron chi connectivity index (χ0n) is 26.5. The number of hydrogen-bond acceptors (Lipinski definition) is 6. The molecule has 2 aromatic heterocycles. The standard InChI is InChI=1S/C35H33F5N4O4S/c1-47-16-17-48-15-14-43(49(46)30-10-5-27(37)6-11-30)29-7-2-24-19-32-23(22-42-44(32)28-8-3-26(36)4-9-28)20-34(24,21-29)33(45)31-18-25(12-13-41-31)35(38,39)40/h3-6,8-13,18-19,22,29H,2,7,14-17,20-21H2,1H3. The van der Waals surface area contributed by atoms with Crippen LogP contribution in [0.15, 0.2) is 83.5 Å². The van der Waals surface area contributed by atoms with Crippen LogP contribution in [0.2, 0.25) is 0 Å². The average Bonchev–Trinajstić information content (AvgIpc) is 3.50. The average molecular weight is 701 g/mol. The molecule has 2 aliphatic carbocycles. The Kier molecular flexibility index (Phi) is 10.2. The molecule has 3 atom stereocenters. The van der Waals surface area contributed by atoms with E-state index < -0.39 is 51.6 Å². The summed E-state index contributed by atoms with van der Waals surface area (Å²) in [5, 5.41) is 4.52. The van der Waals surface area contributed by atoms with Gasteiger partial charge in [0.2, 0.25) is 0 Å². The molecule has 0 radical (unpaired) electrons. The van der Waals surface area contributed by atoms with E-state index in [1.165, 1.54) is 36.4 Å². The number of fused-ring (bicyclic) bond motifs is 2. The van der Waals surface area contributed by atoms with Crippen LogP contribution in [0, 0.1) is 17.0 Å². The van der Waals surface area contributed by atoms with Gasteiger partial charge in [-0.25, -0.2) is 22.0 Å². The minimum atomic E-state index is -4.69. The van der Waals surface area contributed by atoms with Gasteiger partial charge in [-0.05, 0) is 98.0 Å². The number of rotatable bonds is 12. The highest BCUT2D eigenvalue weighted by Gasteiger charge is 2.51. The minimum Gasteiger partial charge on any atom is -0.382 e. The summed E-state index contributed by atoms with van der Waals surface area (Å²) >= 11 is 0. The van der Waals surface area contributed by atoms with Gasteiger partial charge in [-0.15, -0.1) is 0 Å². The van der Waals surface area contributed by atoms with Crippen molar-refractivity contribution in [2.24, 2.45) is 5.41 Å². The molecule has 3 unspecified atom stereocenters. The maximum Gasteiger partial charge on any atom is 0.416 e. The van der Waals surface area contributed by atoms with Gasteiger partial charge in [0.15, 0.2) is 5.78 Å². The van der Waals surface area contributed by atoms with E-state index in [0.717, 1.165) is 18.3 Å². The van der Waals surface area contributed by atoms with Gasteiger partial charge in [0.05, 0.1) is 53.3 Å². The first-order valence-corrected chi connectivity index (χ1v) is 16.7. The SMILES string of the molecule is COCCOCCN(C1CCC2=Cc3c(cnn3-c3ccc(F)cc3)CC2(C(=O)c2cc(C(F)(F)F)ccn2)C1)S(=O)c1ccc(F)cc1. The van der Waals surface area contributed by atoms with E-state index >= 15 is 0 Å². The third-order valence-corrected chi connectivity index (χ3v) is 10.6. The van der Waals surface area contributed by atoms with Crippen molar-refractivity contribution in [2.75, 3.05) is 33.5 Å². The molecular formula is C35H33F5N4O4S. The summed E-state index contributed by atoms with van der Waals surface area (Å²) in [5.74, 6) is -1.48. The summed E-state index contributed by atoms with van der Waals surface area (Å²) < 4.78 is 96.9. The Morgan fingerprint density at radius 1 is 1.04 bits per heavy atom. The highest BCUT2D eigenvalue weighted by molar-refractivity contribution is 7.82. The van der Waals surface area contributed by atoms with Crippen molar-refractivity contribution in [2.45, 2.75) is 42.8 Å². The van der Waals surface area contributed by atoms with Crippen molar-refractivity contribution < 1.29 is 40.4 Å². The zero-order chi connectivity index (χ0) is 34.8. The zero-order valence-corrected chi connectivity index (χ0v) is 27.3. The second kappa shape index (κ2) is 14.4. The fraction of sp³-hybridized carbons (Fsp3) is 0.343. The molecule has 2 heterocycles. The lowest BCUT2D eigenvalue weighted by atomic mass is 9.60. The predicted octanol–water partition coefficient (Wildman–Crippen LogP) is 6.61. The maximum atomic E-state index is 14.6. The lowest BCUT2D eigenvalue weighted by Crippen LogP contribution is -2.50. The molecule has 4 aromatic rings. The third-order valence-electron chi connectivity index (χ3n) is 8.98. The molecule has 0 amide bonds. The largest absolute Gasteiger partial charge is 0.416 e. The van der Waals surface area contributed by atoms with Crippen LogP contribution in [-0.4, -0.2) is 68.6 Å². The van der Waals surface area contributed by atoms with Gasteiger partial charge in [0.1, 0.15) is 28.3 Å². The summed E-state index contributed by atoms with van der Waals surface area (Å²) in [6.07, 6.45) is 0.753. The smallest absolute Gasteiger partial charge is 0.382 e. The molecule has 8 nitrogen and oxygen atoms in total. The number of Topliss-reactive ketones (excluding diaryl/α,β-unsaturated/α-hetero) is 1. The molecule has 0 spiro atoms. The van der Waals surface area contributed by atoms with Crippen LogP contribution in [0.4, 0.5) is 22.0 Å². The van der Waals surface area contributed by atoms with Gasteiger partial charge in [-0.2, -0.15) is 18.3 Å². The normalized spacial score (nSPS) is 19.7. The van der Waals surface area contributed by atoms with Crippen LogP contribution >= 0.6 is 0 Å². The number of alkyl halides is 3. The number of ether oxygens (including phenoxy) is 2. The van der Waals surface area contributed by atoms with E-state index in [1.807, 2.05) is 6.08 Å². The van der Waals surface area contributed by atoms with Crippen LogP contribution in [0.5, 0.6) is 0 Å². The Labute approximate surface area is 282 Å². The van der Waals surface area contributed by atoms with Gasteiger partial charge < -0.3 is 9.47 Å². The van der Waals surface area contributed by atoms with Crippen molar-refractivity contribution >= 4 is 22.8 Å². The highest BCUT2D eigenvalue weighted by Crippen LogP contribution is 2.51. The second-order valence-electron chi connectivity index (χ2n) is 12.0. The van der Waals surface area contributed by atoms with Crippen molar-refractivity contribution in [1.29, 1.82) is 0 Å². The molecule has 0 N–H and O–H groups in total. The predicted molar refractivity (Wildman–Crippen MR) is 171 cm³/mol. The van der Waals surface area contributed by atoms with Crippen LogP contribution < -0.4 is 0 Å². The molecule has 1 fully saturated rings. The quantitative estimate of drug-likeness (QED) is 0.0940. The molecular weight excluding hydrogens is 667 g/mol. The number of methoxy groups -OCH3 is 1. The second-order valence-corrected chi connectivity index (χ2v) is 13.4. The molecule has 14 heteroatoms. The van der Waals surface area contributed by atoms with Gasteiger partial charge >= 0.3 is 6.18 Å². The summed E-state index contributed by atoms with van der Waals surface area (Å²) in [7, 11) is -0.250. The fourth-order valence-corrected chi connectivity index (χ4v) is 7.91. The van der Waals surface area contributed by atoms with E-state index in [1.54, 1.807) is 34.4 Å². The monoisotopic (exact) mass is 700 g/mol. The van der Waals surface area contributed by atoms with E-state index in [9.17, 15) is 31.0 Å². The van der Waals surface area contributed by atoms with E-state index in [4.69, 9.17) is 9.47 Å². The number of benzene rings is 2. The molecule has 2 aromatic carbocycles. The van der Waals surface area contributed by atoms with Crippen LogP contribution in [0.3, 0.4) is 0 Å². The van der Waals surface area contributed by atoms with Crippen LogP contribution in [-0.2, 0) is 33.1 Å². The number of aromatic nitrogens is 3. The lowest BCUT2D eigenvalue weighted by Gasteiger charge is -2.46. The summed E-state index contributed by atoms with van der Waals surface area (Å²) in [4.78, 5) is 19.1. The molecule has 0 saturated heterocycles. The first-order chi connectivity index (χ1) is 23.5. The van der Waals surface area contributed by atoms with Crippen molar-refractivity contribution in [1.82, 2.24) is 19.1 Å². The Bertz CT molecular complexity index is 1860. The van der Waals surface area contributed by atoms with E-state index in [-0.39, 0.29) is 31.7 Å². The number of halogens is 5. The molecule has 0 aliphatic heterocycles. The number of hydrogen-bond donors (Lipinski definition) is 0. The van der Waals surface area contributed by atoms with Gasteiger partial charge in [-0.3, -0.25) is 9.78 Å². The maximum absolute atomic E-state index is 14.6. The van der Waals surface area contributed by atoms with Crippen LogP contribution in [0.25, 0.3) is 11.8 Å². The summed E-state index contributed by atoms with van der Waals surface area (Å²) in [6, 6.07) is 12.2. The highest BCUT2D eigenvalue weighted by atomic mass is 32.2. The Balaban J connectivity index is 1.41. The Morgan fingerprint density at radius 3 is 2.45 bits per heavy atom. The number of ketones is 1. The number of pyridine rings is 1. The topological polar surface area (TPSA) is 86.6 Å². The number of carbonyl (C=O) groups excluding carboxylic acids is 1. The summed E-state index contributed by atoms with van der Waals surface area (Å²) in [6.45, 7) is 1.03. The molecule has 1 saturated carbocycles. The van der Waals surface area contributed by atoms with Crippen molar-refractivity contribution in [3.63, 3.8) is 0 Å². The molecule has 0 bridgehead atoms. The molecule has 49 heavy (non-hydrogen) atoms. The first kappa shape index (κ1) is 34.7. The van der Waals surface area contributed by atoms with Crippen molar-refractivity contribution in [3.05, 3.63) is 113 Å². The third kappa shape index (κ3) is 7.28. The molecule has 258 valence electrons. The van der Waals surface area contributed by atoms with E-state index in [2.05, 4.69) is 10.1 Å². The van der Waals surface area contributed by atoms with Crippen molar-refractivity contribution in [3.8, 4) is 5.69 Å². The number of nitrogens with zero attached hydrogens (tertiary/aromatic N) is 4. The lowest BCUT2D eigenvalue weighted by molar-refractivity contribution is -0.137. The van der Waals surface area contributed by atoms with Gasteiger partial charge in [0, 0.05) is 25.9 Å². The number of allylic oxidation sites excluding steroid dienone is 1. The Morgan fingerprint density at radius 2 is 1.76 bits per heavy atom. The van der Waals surface area contributed by atoms with Gasteiger partial charge in [0.25, 0.3) is 0 Å². The first-order valence-electron chi connectivity index (χ1n) is 15.6. The molecule has 2 aliphatic rings. The molecule has 6 rings (SSSR count). The summed E-state index contributed by atoms with van der Waals surface area (Å²) in [5.41, 5.74) is -0.0275. The van der Waals surface area contributed by atoms with E-state index in [0.29, 0.717) is 53.5 Å². The fourth-order valence-electron chi connectivity index (χ4n) is 6.58.